The number of carbonyl (C=O) groups excluding carboxylic acids is 1. The second-order valence-electron chi connectivity index (χ2n) is 6.01. The summed E-state index contributed by atoms with van der Waals surface area (Å²) >= 11 is 0. The monoisotopic (exact) mass is 289 g/mol. The van der Waals surface area contributed by atoms with Crippen molar-refractivity contribution >= 4 is 5.91 Å². The second kappa shape index (κ2) is 6.06. The summed E-state index contributed by atoms with van der Waals surface area (Å²) in [5.74, 6) is 0.824. The van der Waals surface area contributed by atoms with Crippen molar-refractivity contribution in [1.29, 1.82) is 0 Å². The number of carbonyl (C=O) groups is 1. The zero-order valence-electron chi connectivity index (χ0n) is 12.6. The van der Waals surface area contributed by atoms with E-state index in [4.69, 9.17) is 9.47 Å². The zero-order chi connectivity index (χ0) is 14.7. The van der Waals surface area contributed by atoms with Crippen LogP contribution in [0.25, 0.3) is 0 Å². The summed E-state index contributed by atoms with van der Waals surface area (Å²) in [5.41, 5.74) is 0.749. The first-order valence-corrected chi connectivity index (χ1v) is 7.80. The van der Waals surface area contributed by atoms with Gasteiger partial charge in [-0.15, -0.1) is 0 Å². The molecule has 1 spiro atoms. The molecular formula is C17H23NO3. The van der Waals surface area contributed by atoms with E-state index in [0.717, 1.165) is 44.7 Å². The molecule has 0 aliphatic carbocycles. The Labute approximate surface area is 126 Å². The number of nitrogens with zero attached hydrogens (tertiary/aromatic N) is 1. The normalized spacial score (nSPS) is 21.3. The zero-order valence-corrected chi connectivity index (χ0v) is 12.6. The van der Waals surface area contributed by atoms with Crippen LogP contribution < -0.4 is 4.74 Å². The first kappa shape index (κ1) is 14.4. The molecule has 1 aromatic carbocycles. The standard InChI is InChI=1S/C17H23NO3/c1-20-15-6-4-5-14(13-15)16(19)18-10-8-17(9-11-18)7-2-3-12-21-17/h4-6,13H,2-3,7-12H2,1H3. The van der Waals surface area contributed by atoms with Gasteiger partial charge >= 0.3 is 0 Å². The van der Waals surface area contributed by atoms with Crippen LogP contribution in [-0.4, -0.2) is 43.2 Å². The summed E-state index contributed by atoms with van der Waals surface area (Å²) in [6, 6.07) is 7.38. The fourth-order valence-electron chi connectivity index (χ4n) is 3.36. The number of hydrogen-bond acceptors (Lipinski definition) is 3. The third kappa shape index (κ3) is 3.05. The topological polar surface area (TPSA) is 38.8 Å². The Morgan fingerprint density at radius 3 is 2.71 bits per heavy atom. The van der Waals surface area contributed by atoms with Crippen LogP contribution in [-0.2, 0) is 4.74 Å². The Hall–Kier alpha value is -1.55. The maximum absolute atomic E-state index is 12.6. The van der Waals surface area contributed by atoms with E-state index in [1.54, 1.807) is 7.11 Å². The SMILES string of the molecule is COc1cccc(C(=O)N2CCC3(CCCCO3)CC2)c1. The molecule has 0 atom stereocenters. The van der Waals surface area contributed by atoms with Crippen LogP contribution >= 0.6 is 0 Å². The Morgan fingerprint density at radius 2 is 2.05 bits per heavy atom. The Balaban J connectivity index is 1.64. The van der Waals surface area contributed by atoms with E-state index in [2.05, 4.69) is 0 Å². The molecular weight excluding hydrogens is 266 g/mol. The highest BCUT2D eigenvalue weighted by molar-refractivity contribution is 5.94. The number of amides is 1. The van der Waals surface area contributed by atoms with Crippen molar-refractivity contribution in [3.05, 3.63) is 29.8 Å². The molecule has 1 amide bonds. The summed E-state index contributed by atoms with van der Waals surface area (Å²) in [6.07, 6.45) is 5.50. The van der Waals surface area contributed by atoms with E-state index >= 15 is 0 Å². The molecule has 0 bridgehead atoms. The van der Waals surface area contributed by atoms with E-state index < -0.39 is 0 Å². The molecule has 2 fully saturated rings. The van der Waals surface area contributed by atoms with Crippen molar-refractivity contribution in [3.63, 3.8) is 0 Å². The summed E-state index contributed by atoms with van der Waals surface area (Å²) in [5, 5.41) is 0. The Morgan fingerprint density at radius 1 is 1.24 bits per heavy atom. The molecule has 21 heavy (non-hydrogen) atoms. The van der Waals surface area contributed by atoms with Gasteiger partial charge in [0.2, 0.25) is 0 Å². The highest BCUT2D eigenvalue weighted by Crippen LogP contribution is 2.35. The largest absolute Gasteiger partial charge is 0.497 e. The average Bonchev–Trinajstić information content (AvgIpc) is 2.56. The van der Waals surface area contributed by atoms with Crippen molar-refractivity contribution in [2.75, 3.05) is 26.8 Å². The highest BCUT2D eigenvalue weighted by atomic mass is 16.5. The van der Waals surface area contributed by atoms with Crippen molar-refractivity contribution in [1.82, 2.24) is 4.90 Å². The summed E-state index contributed by atoms with van der Waals surface area (Å²) in [4.78, 5) is 14.5. The molecule has 0 saturated carbocycles. The van der Waals surface area contributed by atoms with Crippen molar-refractivity contribution in [2.24, 2.45) is 0 Å². The number of ether oxygens (including phenoxy) is 2. The molecule has 4 heteroatoms. The predicted octanol–water partition coefficient (Wildman–Crippen LogP) is 2.87. The number of benzene rings is 1. The smallest absolute Gasteiger partial charge is 0.253 e. The first-order valence-electron chi connectivity index (χ1n) is 7.80. The van der Waals surface area contributed by atoms with Gasteiger partial charge in [0, 0.05) is 25.3 Å². The van der Waals surface area contributed by atoms with Crippen LogP contribution in [0, 0.1) is 0 Å². The van der Waals surface area contributed by atoms with Crippen LogP contribution in [0.15, 0.2) is 24.3 Å². The van der Waals surface area contributed by atoms with Crippen LogP contribution in [0.3, 0.4) is 0 Å². The van der Waals surface area contributed by atoms with Gasteiger partial charge in [-0.3, -0.25) is 4.79 Å². The third-order valence-corrected chi connectivity index (χ3v) is 4.71. The molecule has 0 aromatic heterocycles. The summed E-state index contributed by atoms with van der Waals surface area (Å²) in [6.45, 7) is 2.45. The van der Waals surface area contributed by atoms with Gasteiger partial charge < -0.3 is 14.4 Å². The van der Waals surface area contributed by atoms with E-state index in [0.29, 0.717) is 5.56 Å². The maximum Gasteiger partial charge on any atom is 0.253 e. The second-order valence-corrected chi connectivity index (χ2v) is 6.01. The number of methoxy groups -OCH3 is 1. The fraction of sp³-hybridized carbons (Fsp3) is 0.588. The van der Waals surface area contributed by atoms with Gasteiger partial charge in [-0.25, -0.2) is 0 Å². The van der Waals surface area contributed by atoms with Crippen LogP contribution in [0.4, 0.5) is 0 Å². The van der Waals surface area contributed by atoms with Crippen LogP contribution in [0.5, 0.6) is 5.75 Å². The van der Waals surface area contributed by atoms with Gasteiger partial charge in [-0.1, -0.05) is 6.07 Å². The maximum atomic E-state index is 12.6. The average molecular weight is 289 g/mol. The minimum atomic E-state index is 0.0450. The lowest BCUT2D eigenvalue weighted by Crippen LogP contribution is -2.49. The number of piperidine rings is 1. The molecule has 0 radical (unpaired) electrons. The third-order valence-electron chi connectivity index (χ3n) is 4.71. The number of rotatable bonds is 2. The lowest BCUT2D eigenvalue weighted by molar-refractivity contribution is -0.107. The van der Waals surface area contributed by atoms with Gasteiger partial charge in [0.1, 0.15) is 5.75 Å². The highest BCUT2D eigenvalue weighted by Gasteiger charge is 2.38. The minimum absolute atomic E-state index is 0.0450. The molecule has 2 aliphatic heterocycles. The van der Waals surface area contributed by atoms with Crippen molar-refractivity contribution in [2.45, 2.75) is 37.7 Å². The van der Waals surface area contributed by atoms with Gasteiger partial charge in [0.25, 0.3) is 5.91 Å². The fourth-order valence-corrected chi connectivity index (χ4v) is 3.36. The molecule has 3 rings (SSSR count). The van der Waals surface area contributed by atoms with Gasteiger partial charge in [-0.05, 0) is 50.3 Å². The first-order chi connectivity index (χ1) is 10.2. The molecule has 0 N–H and O–H groups in total. The molecule has 2 saturated heterocycles. The minimum Gasteiger partial charge on any atom is -0.497 e. The Bertz CT molecular complexity index is 499. The van der Waals surface area contributed by atoms with Gasteiger partial charge in [0.15, 0.2) is 0 Å². The van der Waals surface area contributed by atoms with E-state index in [-0.39, 0.29) is 11.5 Å². The lowest BCUT2D eigenvalue weighted by atomic mass is 9.84. The van der Waals surface area contributed by atoms with Gasteiger partial charge in [0.05, 0.1) is 12.7 Å². The van der Waals surface area contributed by atoms with E-state index in [9.17, 15) is 4.79 Å². The molecule has 114 valence electrons. The number of likely N-dealkylation sites (tertiary alicyclic amines) is 1. The molecule has 2 heterocycles. The predicted molar refractivity (Wildman–Crippen MR) is 80.7 cm³/mol. The summed E-state index contributed by atoms with van der Waals surface area (Å²) < 4.78 is 11.2. The quantitative estimate of drug-likeness (QED) is 0.840. The number of hydrogen-bond donors (Lipinski definition) is 0. The molecule has 1 aromatic rings. The van der Waals surface area contributed by atoms with Crippen molar-refractivity contribution in [3.8, 4) is 5.75 Å². The van der Waals surface area contributed by atoms with Crippen LogP contribution in [0.2, 0.25) is 0 Å². The molecule has 0 unspecified atom stereocenters. The molecule has 4 nitrogen and oxygen atoms in total. The van der Waals surface area contributed by atoms with Gasteiger partial charge in [-0.2, -0.15) is 0 Å². The van der Waals surface area contributed by atoms with Crippen LogP contribution in [0.1, 0.15) is 42.5 Å². The van der Waals surface area contributed by atoms with E-state index in [1.807, 2.05) is 29.2 Å². The van der Waals surface area contributed by atoms with E-state index in [1.165, 1.54) is 12.8 Å². The van der Waals surface area contributed by atoms with Crippen molar-refractivity contribution < 1.29 is 14.3 Å². The molecule has 2 aliphatic rings. The lowest BCUT2D eigenvalue weighted by Gasteiger charge is -2.44. The summed E-state index contributed by atoms with van der Waals surface area (Å²) in [7, 11) is 1.62. The Kier molecular flexibility index (Phi) is 4.15.